The van der Waals surface area contributed by atoms with Gasteiger partial charge in [-0.25, -0.2) is 10.6 Å². The van der Waals surface area contributed by atoms with Crippen LogP contribution in [0.3, 0.4) is 0 Å². The third-order valence-electron chi connectivity index (χ3n) is 6.46. The fraction of sp³-hybridized carbons (Fsp3) is 0.423. The summed E-state index contributed by atoms with van der Waals surface area (Å²) in [7, 11) is 4.07. The number of carbonyl (C=O) groups is 1. The number of urea groups is 1. The molecule has 8 nitrogen and oxygen atoms in total. The number of hydrazine groups is 1. The van der Waals surface area contributed by atoms with Crippen molar-refractivity contribution in [2.45, 2.75) is 45.2 Å². The Bertz CT molecular complexity index is 1150. The molecule has 1 saturated carbocycles. The van der Waals surface area contributed by atoms with E-state index in [9.17, 15) is 4.79 Å². The number of nitrogens with zero attached hydrogens (tertiary/aromatic N) is 3. The molecule has 1 aromatic heterocycles. The molecule has 1 aliphatic carbocycles. The predicted octanol–water partition coefficient (Wildman–Crippen LogP) is 4.67. The summed E-state index contributed by atoms with van der Waals surface area (Å²) in [5.41, 5.74) is 11.3. The lowest BCUT2D eigenvalue weighted by Crippen LogP contribution is -2.45. The first-order valence-electron chi connectivity index (χ1n) is 11.9. The summed E-state index contributed by atoms with van der Waals surface area (Å²) in [4.78, 5) is 14.4. The Labute approximate surface area is 201 Å². The molecule has 4 rings (SSSR count). The van der Waals surface area contributed by atoms with Crippen molar-refractivity contribution >= 4 is 28.3 Å². The molecule has 5 N–H and O–H groups in total. The fourth-order valence-corrected chi connectivity index (χ4v) is 4.20. The van der Waals surface area contributed by atoms with Crippen molar-refractivity contribution in [2.24, 2.45) is 5.84 Å². The van der Waals surface area contributed by atoms with Gasteiger partial charge < -0.3 is 25.3 Å². The maximum absolute atomic E-state index is 12.3. The minimum absolute atomic E-state index is 0.0889. The number of hydrogen-bond acceptors (Lipinski definition) is 5. The van der Waals surface area contributed by atoms with Crippen molar-refractivity contribution in [1.29, 1.82) is 0 Å². The topological polar surface area (TPSA) is 102 Å². The van der Waals surface area contributed by atoms with E-state index in [4.69, 9.17) is 16.3 Å². The largest absolute Gasteiger partial charge is 0.492 e. The Balaban J connectivity index is 1.66. The summed E-state index contributed by atoms with van der Waals surface area (Å²) in [5.74, 6) is 6.67. The Kier molecular flexibility index (Phi) is 7.00. The average molecular weight is 465 g/mol. The number of nitrogens with one attached hydrogen (secondary N) is 1. The molecule has 0 aliphatic heterocycles. The molecule has 8 heteroatoms. The van der Waals surface area contributed by atoms with Crippen molar-refractivity contribution in [3.8, 4) is 17.0 Å². The monoisotopic (exact) mass is 464 g/mol. The molecule has 0 bridgehead atoms. The highest BCUT2D eigenvalue weighted by atomic mass is 16.5. The lowest BCUT2D eigenvalue weighted by atomic mass is 9.92. The minimum Gasteiger partial charge on any atom is -0.492 e. The maximum atomic E-state index is 12.3. The highest BCUT2D eigenvalue weighted by molar-refractivity contribution is 6.02. The van der Waals surface area contributed by atoms with Gasteiger partial charge in [-0.05, 0) is 71.5 Å². The highest BCUT2D eigenvalue weighted by Gasteiger charge is 2.27. The van der Waals surface area contributed by atoms with Gasteiger partial charge in [0, 0.05) is 41.3 Å². The molecule has 2 aromatic carbocycles. The Morgan fingerprint density at radius 2 is 1.88 bits per heavy atom. The molecule has 2 amide bonds. The van der Waals surface area contributed by atoms with E-state index in [2.05, 4.69) is 26.9 Å². The van der Waals surface area contributed by atoms with Crippen molar-refractivity contribution < 1.29 is 9.53 Å². The molecule has 1 fully saturated rings. The number of rotatable bonds is 8. The molecule has 0 saturated heterocycles. The van der Waals surface area contributed by atoms with Crippen LogP contribution in [0.25, 0.3) is 22.2 Å². The molecule has 34 heavy (non-hydrogen) atoms. The van der Waals surface area contributed by atoms with Gasteiger partial charge in [0.05, 0.1) is 16.9 Å². The van der Waals surface area contributed by atoms with E-state index < -0.39 is 0 Å². The molecule has 1 aliphatic rings. The van der Waals surface area contributed by atoms with Gasteiger partial charge in [0.1, 0.15) is 12.4 Å². The third kappa shape index (κ3) is 4.83. The van der Waals surface area contributed by atoms with Crippen molar-refractivity contribution in [3.05, 3.63) is 42.5 Å². The first-order chi connectivity index (χ1) is 16.3. The van der Waals surface area contributed by atoms with Gasteiger partial charge >= 0.3 is 6.03 Å². The number of nitrogen functional groups attached to an aromatic ring is 1. The van der Waals surface area contributed by atoms with Crippen molar-refractivity contribution in [1.82, 2.24) is 14.5 Å². The number of nitrogens with two attached hydrogens (primary N) is 2. The van der Waals surface area contributed by atoms with Crippen LogP contribution in [-0.4, -0.2) is 53.8 Å². The maximum Gasteiger partial charge on any atom is 0.336 e. The standard InChI is InChI=1S/C26H36N6O2/c1-17(2)32(28)26(33)29-19-10-8-18(9-11-19)25-24(27)22-13-12-21(34-15-14-30(3)4)16-23(22)31(25)20-6-5-7-20/h8-13,16-17,20H,5-7,14-15,27-28H2,1-4H3,(H,29,33). The zero-order valence-electron chi connectivity index (χ0n) is 20.5. The van der Waals surface area contributed by atoms with Crippen LogP contribution in [0.2, 0.25) is 0 Å². The normalized spacial score (nSPS) is 14.0. The number of likely N-dealkylation sites (N-methyl/N-ethyl adjacent to an activating group) is 1. The average Bonchev–Trinajstić information content (AvgIpc) is 3.04. The summed E-state index contributed by atoms with van der Waals surface area (Å²) in [6.07, 6.45) is 3.49. The van der Waals surface area contributed by atoms with Gasteiger partial charge in [0.25, 0.3) is 0 Å². The summed E-state index contributed by atoms with van der Waals surface area (Å²) in [6, 6.07) is 13.9. The van der Waals surface area contributed by atoms with Crippen molar-refractivity contribution in [3.63, 3.8) is 0 Å². The van der Waals surface area contributed by atoms with Crippen LogP contribution < -0.4 is 21.6 Å². The highest BCUT2D eigenvalue weighted by Crippen LogP contribution is 2.44. The summed E-state index contributed by atoms with van der Waals surface area (Å²) in [6.45, 7) is 5.22. The first kappa shape index (κ1) is 23.9. The van der Waals surface area contributed by atoms with Crippen LogP contribution in [0, 0.1) is 0 Å². The van der Waals surface area contributed by atoms with Crippen LogP contribution in [0.4, 0.5) is 16.2 Å². The fourth-order valence-electron chi connectivity index (χ4n) is 4.20. The van der Waals surface area contributed by atoms with E-state index in [1.165, 1.54) is 11.4 Å². The Morgan fingerprint density at radius 1 is 1.18 bits per heavy atom. The molecule has 0 unspecified atom stereocenters. The molecule has 182 valence electrons. The van der Waals surface area contributed by atoms with E-state index in [-0.39, 0.29) is 12.1 Å². The SMILES string of the molecule is CC(C)N(N)C(=O)Nc1ccc(-c2c(N)c3ccc(OCCN(C)C)cc3n2C2CCC2)cc1. The smallest absolute Gasteiger partial charge is 0.336 e. The van der Waals surface area contributed by atoms with Crippen LogP contribution in [0.15, 0.2) is 42.5 Å². The molecule has 0 atom stereocenters. The molecule has 0 spiro atoms. The van der Waals surface area contributed by atoms with Gasteiger partial charge in [-0.1, -0.05) is 12.1 Å². The minimum atomic E-state index is -0.340. The number of amides is 2. The van der Waals surface area contributed by atoms with E-state index >= 15 is 0 Å². The lowest BCUT2D eigenvalue weighted by molar-refractivity contribution is 0.198. The molecule has 3 aromatic rings. The second-order valence-electron chi connectivity index (χ2n) is 9.56. The third-order valence-corrected chi connectivity index (χ3v) is 6.46. The number of carbonyl (C=O) groups excluding carboxylic acids is 1. The molecule has 1 heterocycles. The number of fused-ring (bicyclic) bond motifs is 1. The van der Waals surface area contributed by atoms with E-state index in [1.807, 2.05) is 58.3 Å². The van der Waals surface area contributed by atoms with E-state index in [1.54, 1.807) is 0 Å². The van der Waals surface area contributed by atoms with Gasteiger partial charge in [-0.15, -0.1) is 0 Å². The zero-order valence-corrected chi connectivity index (χ0v) is 20.5. The van der Waals surface area contributed by atoms with Gasteiger partial charge in [-0.2, -0.15) is 0 Å². The second-order valence-corrected chi connectivity index (χ2v) is 9.56. The van der Waals surface area contributed by atoms with Crippen LogP contribution in [0.1, 0.15) is 39.2 Å². The predicted molar refractivity (Wildman–Crippen MR) is 139 cm³/mol. The zero-order chi connectivity index (χ0) is 24.4. The van der Waals surface area contributed by atoms with Crippen LogP contribution >= 0.6 is 0 Å². The van der Waals surface area contributed by atoms with E-state index in [0.29, 0.717) is 18.3 Å². The number of aromatic nitrogens is 1. The number of anilines is 2. The number of benzene rings is 2. The van der Waals surface area contributed by atoms with Gasteiger partial charge in [-0.3, -0.25) is 5.01 Å². The molecule has 0 radical (unpaired) electrons. The van der Waals surface area contributed by atoms with E-state index in [0.717, 1.165) is 53.0 Å². The van der Waals surface area contributed by atoms with Crippen LogP contribution in [0.5, 0.6) is 5.75 Å². The molecular weight excluding hydrogens is 428 g/mol. The summed E-state index contributed by atoms with van der Waals surface area (Å²) < 4.78 is 8.38. The Morgan fingerprint density at radius 3 is 2.47 bits per heavy atom. The van der Waals surface area contributed by atoms with Gasteiger partial charge in [0.2, 0.25) is 0 Å². The van der Waals surface area contributed by atoms with Gasteiger partial charge in [0.15, 0.2) is 0 Å². The number of hydrogen-bond donors (Lipinski definition) is 3. The summed E-state index contributed by atoms with van der Waals surface area (Å²) in [5, 5.41) is 5.06. The van der Waals surface area contributed by atoms with Crippen molar-refractivity contribution in [2.75, 3.05) is 38.3 Å². The summed E-state index contributed by atoms with van der Waals surface area (Å²) >= 11 is 0. The number of ether oxygens (including phenoxy) is 1. The molecular formula is C26H36N6O2. The van der Waals surface area contributed by atoms with Crippen LogP contribution in [-0.2, 0) is 0 Å². The second kappa shape index (κ2) is 9.95. The Hall–Kier alpha value is -3.23. The lowest BCUT2D eigenvalue weighted by Gasteiger charge is -2.30. The first-order valence-corrected chi connectivity index (χ1v) is 11.9. The quantitative estimate of drug-likeness (QED) is 0.255.